The molecule has 0 aliphatic carbocycles. The minimum Gasteiger partial charge on any atom is -0.480 e. The van der Waals surface area contributed by atoms with E-state index in [4.69, 9.17) is 9.84 Å². The van der Waals surface area contributed by atoms with Gasteiger partial charge in [0.25, 0.3) is 10.2 Å². The van der Waals surface area contributed by atoms with Crippen molar-refractivity contribution < 1.29 is 36.2 Å². The molecule has 7 nitrogen and oxygen atoms in total. The van der Waals surface area contributed by atoms with Crippen LogP contribution in [0.4, 0.5) is 13.2 Å². The number of nitrogens with one attached hydrogen (secondary N) is 1. The number of rotatable bonds is 8. The summed E-state index contributed by atoms with van der Waals surface area (Å²) < 4.78 is 72.2. The van der Waals surface area contributed by atoms with E-state index < -0.39 is 46.2 Å². The second-order valence-electron chi connectivity index (χ2n) is 5.71. The largest absolute Gasteiger partial charge is 0.480 e. The van der Waals surface area contributed by atoms with E-state index in [0.717, 1.165) is 4.31 Å². The highest BCUT2D eigenvalue weighted by atomic mass is 32.2. The van der Waals surface area contributed by atoms with Crippen LogP contribution in [0.25, 0.3) is 0 Å². The normalized spacial score (nSPS) is 21.2. The van der Waals surface area contributed by atoms with Gasteiger partial charge in [0.2, 0.25) is 0 Å². The zero-order chi connectivity index (χ0) is 19.5. The van der Waals surface area contributed by atoms with E-state index in [2.05, 4.69) is 12.6 Å². The van der Waals surface area contributed by atoms with Crippen molar-refractivity contribution in [2.45, 2.75) is 24.3 Å². The molecule has 0 amide bonds. The molecule has 1 heterocycles. The van der Waals surface area contributed by atoms with Crippen molar-refractivity contribution in [2.75, 3.05) is 19.7 Å². The van der Waals surface area contributed by atoms with Crippen LogP contribution in [0.5, 0.6) is 0 Å². The van der Waals surface area contributed by atoms with Crippen LogP contribution >= 0.6 is 12.6 Å². The molecule has 1 aliphatic rings. The second kappa shape index (κ2) is 8.57. The lowest BCUT2D eigenvalue weighted by molar-refractivity contribution is -0.135. The van der Waals surface area contributed by atoms with E-state index in [1.807, 2.05) is 4.72 Å². The fourth-order valence-electron chi connectivity index (χ4n) is 2.52. The lowest BCUT2D eigenvalue weighted by atomic mass is 10.2. The van der Waals surface area contributed by atoms with E-state index in [1.165, 1.54) is 0 Å². The fourth-order valence-corrected chi connectivity index (χ4v) is 4.44. The van der Waals surface area contributed by atoms with Gasteiger partial charge in [0.05, 0.1) is 19.3 Å². The number of nitrogens with zero attached hydrogens (tertiary/aromatic N) is 1. The SMILES string of the molecule is O=C(O)CNS(=O)(=O)N1CC(S)CC1COCc1cc(F)c(F)cc1F. The van der Waals surface area contributed by atoms with Crippen molar-refractivity contribution in [3.05, 3.63) is 35.1 Å². The van der Waals surface area contributed by atoms with Gasteiger partial charge in [0.1, 0.15) is 12.4 Å². The van der Waals surface area contributed by atoms with Crippen LogP contribution in [0, 0.1) is 17.5 Å². The van der Waals surface area contributed by atoms with Crippen molar-refractivity contribution in [2.24, 2.45) is 0 Å². The summed E-state index contributed by atoms with van der Waals surface area (Å²) in [6, 6.07) is 0.418. The van der Waals surface area contributed by atoms with Crippen LogP contribution in [0.2, 0.25) is 0 Å². The third-order valence-corrected chi connectivity index (χ3v) is 5.66. The van der Waals surface area contributed by atoms with Gasteiger partial charge in [0, 0.05) is 23.4 Å². The number of carboxylic acid groups (broad SMARTS) is 1. The summed E-state index contributed by atoms with van der Waals surface area (Å²) in [6.07, 6.45) is 0.331. The molecule has 26 heavy (non-hydrogen) atoms. The van der Waals surface area contributed by atoms with Crippen LogP contribution in [0.3, 0.4) is 0 Å². The van der Waals surface area contributed by atoms with Gasteiger partial charge in [0.15, 0.2) is 11.6 Å². The Morgan fingerprint density at radius 1 is 1.31 bits per heavy atom. The molecule has 0 aromatic heterocycles. The third kappa shape index (κ3) is 5.33. The number of hydrogen-bond acceptors (Lipinski definition) is 5. The maximum absolute atomic E-state index is 13.6. The first-order chi connectivity index (χ1) is 12.1. The zero-order valence-corrected chi connectivity index (χ0v) is 15.1. The van der Waals surface area contributed by atoms with Crippen LogP contribution in [-0.2, 0) is 26.3 Å². The quantitative estimate of drug-likeness (QED) is 0.434. The summed E-state index contributed by atoms with van der Waals surface area (Å²) in [5.41, 5.74) is -0.206. The lowest BCUT2D eigenvalue weighted by Crippen LogP contribution is -2.46. The van der Waals surface area contributed by atoms with Crippen LogP contribution in [0.15, 0.2) is 12.1 Å². The number of ether oxygens (including phenoxy) is 1. The molecule has 1 saturated heterocycles. The molecule has 2 N–H and O–H groups in total. The molecule has 1 fully saturated rings. The Morgan fingerprint density at radius 3 is 2.62 bits per heavy atom. The molecule has 0 radical (unpaired) electrons. The molecule has 1 aromatic carbocycles. The van der Waals surface area contributed by atoms with Crippen molar-refractivity contribution >= 4 is 28.8 Å². The number of aliphatic carboxylic acids is 1. The monoisotopic (exact) mass is 414 g/mol. The lowest BCUT2D eigenvalue weighted by Gasteiger charge is -2.23. The van der Waals surface area contributed by atoms with Gasteiger partial charge >= 0.3 is 5.97 Å². The number of thiol groups is 1. The highest BCUT2D eigenvalue weighted by Crippen LogP contribution is 2.25. The van der Waals surface area contributed by atoms with Gasteiger partial charge in [-0.15, -0.1) is 0 Å². The molecule has 0 spiro atoms. The first-order valence-corrected chi connectivity index (χ1v) is 9.43. The molecule has 2 atom stereocenters. The van der Waals surface area contributed by atoms with Crippen molar-refractivity contribution in [3.8, 4) is 0 Å². The van der Waals surface area contributed by atoms with E-state index in [1.54, 1.807) is 0 Å². The van der Waals surface area contributed by atoms with Crippen molar-refractivity contribution in [1.29, 1.82) is 0 Å². The second-order valence-corrected chi connectivity index (χ2v) is 8.14. The maximum Gasteiger partial charge on any atom is 0.318 e. The molecule has 1 aliphatic heterocycles. The van der Waals surface area contributed by atoms with Gasteiger partial charge in [-0.1, -0.05) is 0 Å². The summed E-state index contributed by atoms with van der Waals surface area (Å²) >= 11 is 4.23. The first kappa shape index (κ1) is 21.0. The molecule has 146 valence electrons. The first-order valence-electron chi connectivity index (χ1n) is 7.47. The van der Waals surface area contributed by atoms with E-state index in [9.17, 15) is 26.4 Å². The predicted octanol–water partition coefficient (Wildman–Crippen LogP) is 0.912. The topological polar surface area (TPSA) is 95.9 Å². The van der Waals surface area contributed by atoms with E-state index >= 15 is 0 Å². The average Bonchev–Trinajstić information content (AvgIpc) is 2.92. The van der Waals surface area contributed by atoms with Gasteiger partial charge in [-0.25, -0.2) is 13.2 Å². The highest BCUT2D eigenvalue weighted by molar-refractivity contribution is 7.87. The molecule has 2 unspecified atom stereocenters. The molecule has 0 saturated carbocycles. The zero-order valence-electron chi connectivity index (χ0n) is 13.4. The molecular weight excluding hydrogens is 397 g/mol. The van der Waals surface area contributed by atoms with Crippen molar-refractivity contribution in [3.63, 3.8) is 0 Å². The summed E-state index contributed by atoms with van der Waals surface area (Å²) in [5.74, 6) is -4.85. The van der Waals surface area contributed by atoms with Gasteiger partial charge in [-0.05, 0) is 12.5 Å². The highest BCUT2D eigenvalue weighted by Gasteiger charge is 2.38. The Hall–Kier alpha value is -1.34. The Labute approximate surface area is 153 Å². The minimum atomic E-state index is -4.06. The standard InChI is InChI=1S/C14H17F3N2O5S2/c15-11-3-13(17)12(16)1-8(11)6-24-7-9-2-10(25)5-19(9)26(22,23)18-4-14(20)21/h1,3,9-10,18,25H,2,4-7H2,(H,20,21). The average molecular weight is 414 g/mol. The Balaban J connectivity index is 1.99. The summed E-state index contributed by atoms with van der Waals surface area (Å²) in [7, 11) is -4.06. The van der Waals surface area contributed by atoms with Gasteiger partial charge < -0.3 is 9.84 Å². The smallest absolute Gasteiger partial charge is 0.318 e. The number of hydrogen-bond donors (Lipinski definition) is 3. The summed E-state index contributed by atoms with van der Waals surface area (Å²) in [4.78, 5) is 10.5. The number of carbonyl (C=O) groups is 1. The summed E-state index contributed by atoms with van der Waals surface area (Å²) in [6.45, 7) is -1.26. The summed E-state index contributed by atoms with van der Waals surface area (Å²) in [5, 5.41) is 8.31. The Kier molecular flexibility index (Phi) is 6.91. The molecule has 0 bridgehead atoms. The van der Waals surface area contributed by atoms with Gasteiger partial charge in [-0.3, -0.25) is 4.79 Å². The minimum absolute atomic E-state index is 0.0472. The van der Waals surface area contributed by atoms with Crippen LogP contribution in [0.1, 0.15) is 12.0 Å². The maximum atomic E-state index is 13.6. The number of carboxylic acids is 1. The molecule has 2 rings (SSSR count). The number of benzene rings is 1. The third-order valence-electron chi connectivity index (χ3n) is 3.71. The predicted molar refractivity (Wildman–Crippen MR) is 88.4 cm³/mol. The van der Waals surface area contributed by atoms with Crippen LogP contribution < -0.4 is 4.72 Å². The van der Waals surface area contributed by atoms with Crippen LogP contribution in [-0.4, -0.2) is 54.8 Å². The Morgan fingerprint density at radius 2 is 1.96 bits per heavy atom. The Bertz CT molecular complexity index is 778. The van der Waals surface area contributed by atoms with Crippen molar-refractivity contribution in [1.82, 2.24) is 9.03 Å². The fraction of sp³-hybridized carbons (Fsp3) is 0.500. The van der Waals surface area contributed by atoms with Gasteiger partial charge in [-0.2, -0.15) is 30.1 Å². The molecule has 1 aromatic rings. The number of halogens is 3. The molecule has 12 heteroatoms. The van der Waals surface area contributed by atoms with E-state index in [0.29, 0.717) is 18.6 Å². The van der Waals surface area contributed by atoms with E-state index in [-0.39, 0.29) is 30.6 Å². The molecular formula is C14H17F3N2O5S2.